The van der Waals surface area contributed by atoms with E-state index in [0.717, 1.165) is 32.5 Å². The first-order valence-electron chi connectivity index (χ1n) is 10.2. The zero-order valence-electron chi connectivity index (χ0n) is 16.8. The molecule has 0 aromatic heterocycles. The molecule has 1 aliphatic rings. The van der Waals surface area contributed by atoms with E-state index in [9.17, 15) is 4.79 Å². The van der Waals surface area contributed by atoms with Gasteiger partial charge in [0.05, 0.1) is 5.92 Å². The van der Waals surface area contributed by atoms with Crippen LogP contribution in [-0.4, -0.2) is 29.9 Å². The number of hydrogen-bond acceptors (Lipinski definition) is 2. The molecular weight excluding hydrogens is 332 g/mol. The number of amides is 1. The molecule has 27 heavy (non-hydrogen) atoms. The highest BCUT2D eigenvalue weighted by atomic mass is 16.2. The Labute approximate surface area is 163 Å². The Morgan fingerprint density at radius 3 is 2.63 bits per heavy atom. The van der Waals surface area contributed by atoms with Crippen molar-refractivity contribution in [1.29, 1.82) is 0 Å². The molecule has 144 valence electrons. The van der Waals surface area contributed by atoms with E-state index < -0.39 is 0 Å². The second-order valence-electron chi connectivity index (χ2n) is 8.04. The fraction of sp³-hybridized carbons (Fsp3) is 0.458. The monoisotopic (exact) mass is 364 g/mol. The summed E-state index contributed by atoms with van der Waals surface area (Å²) in [6.45, 7) is 9.08. The third-order valence-electron chi connectivity index (χ3n) is 5.66. The van der Waals surface area contributed by atoms with Gasteiger partial charge in [0, 0.05) is 25.7 Å². The molecule has 3 nitrogen and oxygen atoms in total. The molecule has 0 aliphatic carbocycles. The maximum Gasteiger partial charge on any atom is 0.224 e. The predicted molar refractivity (Wildman–Crippen MR) is 112 cm³/mol. The lowest BCUT2D eigenvalue weighted by atomic mass is 9.83. The van der Waals surface area contributed by atoms with Gasteiger partial charge in [-0.3, -0.25) is 9.69 Å². The molecule has 2 aromatic rings. The fourth-order valence-corrected chi connectivity index (χ4v) is 3.98. The Kier molecular flexibility index (Phi) is 6.68. The lowest BCUT2D eigenvalue weighted by Gasteiger charge is -2.38. The molecule has 3 atom stereocenters. The summed E-state index contributed by atoms with van der Waals surface area (Å²) in [5.41, 5.74) is 3.95. The first kappa shape index (κ1) is 19.6. The van der Waals surface area contributed by atoms with Gasteiger partial charge in [-0.15, -0.1) is 0 Å². The van der Waals surface area contributed by atoms with Gasteiger partial charge < -0.3 is 5.32 Å². The summed E-state index contributed by atoms with van der Waals surface area (Å²) in [7, 11) is 0. The van der Waals surface area contributed by atoms with Gasteiger partial charge >= 0.3 is 0 Å². The molecule has 1 heterocycles. The number of hydrogen-bond donors (Lipinski definition) is 1. The van der Waals surface area contributed by atoms with Gasteiger partial charge in [0.2, 0.25) is 5.91 Å². The summed E-state index contributed by atoms with van der Waals surface area (Å²) < 4.78 is 0. The third kappa shape index (κ3) is 5.43. The van der Waals surface area contributed by atoms with Crippen LogP contribution in [0.1, 0.15) is 49.3 Å². The molecule has 3 heteroatoms. The van der Waals surface area contributed by atoms with Gasteiger partial charge in [0.1, 0.15) is 0 Å². The highest BCUT2D eigenvalue weighted by Crippen LogP contribution is 2.31. The Hall–Kier alpha value is -2.13. The number of piperidine rings is 1. The average Bonchev–Trinajstić information content (AvgIpc) is 2.68. The largest absolute Gasteiger partial charge is 0.353 e. The minimum absolute atomic E-state index is 0.0435. The zero-order valence-corrected chi connectivity index (χ0v) is 16.8. The van der Waals surface area contributed by atoms with E-state index in [1.807, 2.05) is 0 Å². The lowest BCUT2D eigenvalue weighted by molar-refractivity contribution is -0.127. The average molecular weight is 365 g/mol. The zero-order chi connectivity index (χ0) is 19.2. The molecule has 0 bridgehead atoms. The van der Waals surface area contributed by atoms with Crippen molar-refractivity contribution in [3.63, 3.8) is 0 Å². The SMILES string of the molecule is CC[C@H](C)NC(=O)[C@H]1C[C@H](c2cccc(C)c2)CN(Cc2ccccc2)C1. The fourth-order valence-electron chi connectivity index (χ4n) is 3.98. The number of likely N-dealkylation sites (tertiary alicyclic amines) is 1. The van der Waals surface area contributed by atoms with Crippen molar-refractivity contribution in [3.8, 4) is 0 Å². The van der Waals surface area contributed by atoms with Crippen molar-refractivity contribution in [2.45, 2.75) is 52.1 Å². The van der Waals surface area contributed by atoms with E-state index in [4.69, 9.17) is 0 Å². The molecule has 0 saturated carbocycles. The van der Waals surface area contributed by atoms with Crippen LogP contribution in [0.15, 0.2) is 54.6 Å². The molecule has 0 unspecified atom stereocenters. The van der Waals surface area contributed by atoms with Crippen LogP contribution in [0.2, 0.25) is 0 Å². The number of benzene rings is 2. The molecule has 2 aromatic carbocycles. The summed E-state index contributed by atoms with van der Waals surface area (Å²) in [6.07, 6.45) is 1.89. The topological polar surface area (TPSA) is 32.3 Å². The Bertz CT molecular complexity index is 743. The number of aryl methyl sites for hydroxylation is 1. The van der Waals surface area contributed by atoms with Crippen LogP contribution >= 0.6 is 0 Å². The summed E-state index contributed by atoms with van der Waals surface area (Å²) in [6, 6.07) is 19.6. The number of nitrogens with one attached hydrogen (secondary N) is 1. The lowest BCUT2D eigenvalue weighted by Crippen LogP contribution is -2.47. The van der Waals surface area contributed by atoms with E-state index in [1.165, 1.54) is 16.7 Å². The molecule has 1 saturated heterocycles. The van der Waals surface area contributed by atoms with Crippen LogP contribution in [-0.2, 0) is 11.3 Å². The van der Waals surface area contributed by atoms with Gasteiger partial charge in [0.25, 0.3) is 0 Å². The highest BCUT2D eigenvalue weighted by molar-refractivity contribution is 5.79. The second-order valence-corrected chi connectivity index (χ2v) is 8.04. The predicted octanol–water partition coefficient (Wildman–Crippen LogP) is 4.52. The van der Waals surface area contributed by atoms with Crippen molar-refractivity contribution >= 4 is 5.91 Å². The molecule has 1 N–H and O–H groups in total. The molecule has 1 amide bonds. The summed E-state index contributed by atoms with van der Waals surface area (Å²) >= 11 is 0. The van der Waals surface area contributed by atoms with E-state index in [1.54, 1.807) is 0 Å². The second kappa shape index (κ2) is 9.18. The Morgan fingerprint density at radius 1 is 1.15 bits per heavy atom. The maximum atomic E-state index is 12.9. The first-order valence-corrected chi connectivity index (χ1v) is 10.2. The number of carbonyl (C=O) groups is 1. The van der Waals surface area contributed by atoms with Gasteiger partial charge in [-0.05, 0) is 43.7 Å². The van der Waals surface area contributed by atoms with Gasteiger partial charge in [0.15, 0.2) is 0 Å². The number of rotatable bonds is 6. The van der Waals surface area contributed by atoms with Crippen LogP contribution in [0, 0.1) is 12.8 Å². The van der Waals surface area contributed by atoms with Gasteiger partial charge in [-0.2, -0.15) is 0 Å². The van der Waals surface area contributed by atoms with Gasteiger partial charge in [-0.25, -0.2) is 0 Å². The van der Waals surface area contributed by atoms with E-state index in [0.29, 0.717) is 5.92 Å². The van der Waals surface area contributed by atoms with Crippen molar-refractivity contribution < 1.29 is 4.79 Å². The molecule has 0 spiro atoms. The summed E-state index contributed by atoms with van der Waals surface area (Å²) in [4.78, 5) is 15.3. The van der Waals surface area contributed by atoms with E-state index >= 15 is 0 Å². The number of carbonyl (C=O) groups excluding carboxylic acids is 1. The quantitative estimate of drug-likeness (QED) is 0.817. The van der Waals surface area contributed by atoms with E-state index in [-0.39, 0.29) is 17.9 Å². The van der Waals surface area contributed by atoms with Crippen LogP contribution < -0.4 is 5.32 Å². The highest BCUT2D eigenvalue weighted by Gasteiger charge is 2.32. The van der Waals surface area contributed by atoms with Crippen LogP contribution in [0.4, 0.5) is 0 Å². The molecule has 1 fully saturated rings. The Balaban J connectivity index is 1.78. The van der Waals surface area contributed by atoms with Crippen molar-refractivity contribution in [1.82, 2.24) is 10.2 Å². The summed E-state index contributed by atoms with van der Waals surface area (Å²) in [5, 5.41) is 3.20. The van der Waals surface area contributed by atoms with E-state index in [2.05, 4.69) is 85.6 Å². The smallest absolute Gasteiger partial charge is 0.224 e. The van der Waals surface area contributed by atoms with Crippen molar-refractivity contribution in [2.24, 2.45) is 5.92 Å². The molecular formula is C24H32N2O. The normalized spacial score (nSPS) is 21.6. The standard InChI is InChI=1S/C24H32N2O/c1-4-19(3)25-24(27)23-14-22(21-12-8-9-18(2)13-21)16-26(17-23)15-20-10-6-5-7-11-20/h5-13,19,22-23H,4,14-17H2,1-3H3,(H,25,27)/t19-,22-,23-/m0/s1. The maximum absolute atomic E-state index is 12.9. The first-order chi connectivity index (χ1) is 13.0. The Morgan fingerprint density at radius 2 is 1.93 bits per heavy atom. The molecule has 1 aliphatic heterocycles. The van der Waals surface area contributed by atoms with Crippen LogP contribution in [0.5, 0.6) is 0 Å². The minimum Gasteiger partial charge on any atom is -0.353 e. The van der Waals surface area contributed by atoms with Crippen LogP contribution in [0.25, 0.3) is 0 Å². The van der Waals surface area contributed by atoms with Crippen molar-refractivity contribution in [3.05, 3.63) is 71.3 Å². The molecule has 3 rings (SSSR count). The molecule has 0 radical (unpaired) electrons. The summed E-state index contributed by atoms with van der Waals surface area (Å²) in [5.74, 6) is 0.650. The number of nitrogens with zero attached hydrogens (tertiary/aromatic N) is 1. The van der Waals surface area contributed by atoms with Crippen LogP contribution in [0.3, 0.4) is 0 Å². The van der Waals surface area contributed by atoms with Crippen molar-refractivity contribution in [2.75, 3.05) is 13.1 Å². The third-order valence-corrected chi connectivity index (χ3v) is 5.66. The van der Waals surface area contributed by atoms with Gasteiger partial charge in [-0.1, -0.05) is 67.1 Å². The minimum atomic E-state index is 0.0435.